The van der Waals surface area contributed by atoms with Crippen LogP contribution in [0, 0.1) is 11.8 Å². The van der Waals surface area contributed by atoms with Crippen LogP contribution in [0.4, 0.5) is 17.1 Å². The molecule has 9 aromatic rings. The van der Waals surface area contributed by atoms with Gasteiger partial charge in [0.05, 0.1) is 5.41 Å². The third-order valence-electron chi connectivity index (χ3n) is 19.5. The number of nitrogens with zero attached hydrogens (tertiary/aromatic N) is 1. The molecular formula is C73H65N. The van der Waals surface area contributed by atoms with Crippen molar-refractivity contribution in [2.75, 3.05) is 4.90 Å². The zero-order valence-electron chi connectivity index (χ0n) is 44.3. The normalized spacial score (nSPS) is 20.2. The molecule has 15 rings (SSSR count). The Kier molecular flexibility index (Phi) is 8.96. The predicted molar refractivity (Wildman–Crippen MR) is 309 cm³/mol. The van der Waals surface area contributed by atoms with Crippen molar-refractivity contribution in [2.24, 2.45) is 11.8 Å². The average Bonchev–Trinajstić information content (AvgIpc) is 4.30. The number of hydrogen-bond acceptors (Lipinski definition) is 1. The van der Waals surface area contributed by atoms with Gasteiger partial charge in [-0.2, -0.15) is 0 Å². The number of fused-ring (bicyclic) bond motifs is 21. The quantitative estimate of drug-likeness (QED) is 0.170. The fourth-order valence-electron chi connectivity index (χ4n) is 16.1. The highest BCUT2D eigenvalue weighted by Crippen LogP contribution is 2.67. The maximum Gasteiger partial charge on any atom is 0.0726 e. The lowest BCUT2D eigenvalue weighted by molar-refractivity contribution is 0.327. The summed E-state index contributed by atoms with van der Waals surface area (Å²) >= 11 is 0. The van der Waals surface area contributed by atoms with E-state index in [1.54, 1.807) is 11.1 Å². The fraction of sp³-hybridized carbons (Fsp3) is 0.260. The van der Waals surface area contributed by atoms with E-state index in [9.17, 15) is 0 Å². The van der Waals surface area contributed by atoms with Crippen LogP contribution in [0.5, 0.6) is 0 Å². The summed E-state index contributed by atoms with van der Waals surface area (Å²) in [6, 6.07) is 74.2. The largest absolute Gasteiger partial charge is 0.310 e. The second kappa shape index (κ2) is 15.0. The van der Waals surface area contributed by atoms with Gasteiger partial charge in [-0.05, 0) is 190 Å². The minimum atomic E-state index is -0.505. The molecule has 74 heavy (non-hydrogen) atoms. The second-order valence-corrected chi connectivity index (χ2v) is 25.7. The smallest absolute Gasteiger partial charge is 0.0726 e. The Balaban J connectivity index is 0.965. The highest BCUT2D eigenvalue weighted by atomic mass is 15.1. The van der Waals surface area contributed by atoms with Crippen LogP contribution in [0.2, 0.25) is 0 Å². The summed E-state index contributed by atoms with van der Waals surface area (Å²) in [6.45, 7) is 19.0. The van der Waals surface area contributed by atoms with E-state index < -0.39 is 5.41 Å². The molecule has 9 aromatic carbocycles. The second-order valence-electron chi connectivity index (χ2n) is 25.7. The molecule has 0 saturated heterocycles. The van der Waals surface area contributed by atoms with Crippen molar-refractivity contribution < 1.29 is 0 Å². The average molecular weight is 956 g/mol. The van der Waals surface area contributed by atoms with Crippen LogP contribution in [-0.4, -0.2) is 0 Å². The van der Waals surface area contributed by atoms with Crippen LogP contribution in [0.15, 0.2) is 188 Å². The van der Waals surface area contributed by atoms with Crippen LogP contribution >= 0.6 is 0 Å². The standard InChI is InChI=1S/C73H65N/c1-69(2,3)46-28-34-57-58-35-29-47(70(4,5)6)40-66(58)73(65(57)39-46)63-23-14-11-17-54(63)59-37-33-51(42-67(59)73)74(50-32-36-56-53-16-10-13-22-62(53)72(64(56)41-50)43-44-24-27-48(72)38-44)49-30-25-45(26-31-49)52-19-15-20-60-55-18-9-12-21-61(55)71(7,8)68(52)60/h9-23,25-26,28-37,39-42,44,48H,24,27,38,43H2,1-8H3. The van der Waals surface area contributed by atoms with Crippen molar-refractivity contribution in [3.05, 3.63) is 244 Å². The topological polar surface area (TPSA) is 3.24 Å². The van der Waals surface area contributed by atoms with Crippen molar-refractivity contribution in [1.29, 1.82) is 0 Å². The predicted octanol–water partition coefficient (Wildman–Crippen LogP) is 19.2. The van der Waals surface area contributed by atoms with Crippen LogP contribution in [0.1, 0.15) is 137 Å². The first kappa shape index (κ1) is 44.3. The summed E-state index contributed by atoms with van der Waals surface area (Å²) in [4.78, 5) is 2.61. The molecule has 0 radical (unpaired) electrons. The van der Waals surface area contributed by atoms with Crippen molar-refractivity contribution >= 4 is 17.1 Å². The van der Waals surface area contributed by atoms with Gasteiger partial charge in [0.1, 0.15) is 0 Å². The summed E-state index contributed by atoms with van der Waals surface area (Å²) in [5.74, 6) is 1.48. The monoisotopic (exact) mass is 956 g/mol. The van der Waals surface area contributed by atoms with Crippen molar-refractivity contribution in [1.82, 2.24) is 0 Å². The Morgan fingerprint density at radius 1 is 0.392 bits per heavy atom. The lowest BCUT2D eigenvalue weighted by Crippen LogP contribution is -2.32. The first-order valence-corrected chi connectivity index (χ1v) is 27.6. The van der Waals surface area contributed by atoms with Gasteiger partial charge >= 0.3 is 0 Å². The lowest BCUT2D eigenvalue weighted by Gasteiger charge is -2.37. The first-order chi connectivity index (χ1) is 35.7. The molecule has 0 heterocycles. The van der Waals surface area contributed by atoms with Crippen LogP contribution in [-0.2, 0) is 27.1 Å². The third kappa shape index (κ3) is 5.77. The van der Waals surface area contributed by atoms with Gasteiger partial charge in [-0.25, -0.2) is 0 Å². The third-order valence-corrected chi connectivity index (χ3v) is 19.5. The molecule has 2 saturated carbocycles. The number of hydrogen-bond donors (Lipinski definition) is 0. The minimum absolute atomic E-state index is 0.0176. The van der Waals surface area contributed by atoms with E-state index in [0.29, 0.717) is 5.92 Å². The summed E-state index contributed by atoms with van der Waals surface area (Å²) in [5.41, 5.74) is 30.7. The molecule has 0 N–H and O–H groups in total. The molecule has 0 aliphatic heterocycles. The number of benzene rings is 9. The zero-order chi connectivity index (χ0) is 50.3. The van der Waals surface area contributed by atoms with Gasteiger partial charge in [0.2, 0.25) is 0 Å². The molecule has 3 atom stereocenters. The van der Waals surface area contributed by atoms with Gasteiger partial charge < -0.3 is 4.90 Å². The maximum absolute atomic E-state index is 2.64. The Hall–Kier alpha value is -7.22. The molecular weight excluding hydrogens is 891 g/mol. The number of rotatable bonds is 4. The molecule has 2 spiro atoms. The summed E-state index contributed by atoms with van der Waals surface area (Å²) in [7, 11) is 0. The highest BCUT2D eigenvalue weighted by Gasteiger charge is 2.57. The molecule has 6 aliphatic carbocycles. The van der Waals surface area contributed by atoms with E-state index >= 15 is 0 Å². The molecule has 362 valence electrons. The van der Waals surface area contributed by atoms with E-state index in [4.69, 9.17) is 0 Å². The fourth-order valence-corrected chi connectivity index (χ4v) is 16.1. The van der Waals surface area contributed by atoms with Gasteiger partial charge in [0.15, 0.2) is 0 Å². The molecule has 0 amide bonds. The van der Waals surface area contributed by atoms with E-state index in [1.807, 2.05) is 0 Å². The Morgan fingerprint density at radius 3 is 1.43 bits per heavy atom. The van der Waals surface area contributed by atoms with Gasteiger partial charge in [0.25, 0.3) is 0 Å². The van der Waals surface area contributed by atoms with E-state index in [0.717, 1.165) is 5.92 Å². The van der Waals surface area contributed by atoms with Gasteiger partial charge in [-0.15, -0.1) is 0 Å². The summed E-state index contributed by atoms with van der Waals surface area (Å²) < 4.78 is 0. The molecule has 1 nitrogen and oxygen atoms in total. The zero-order valence-corrected chi connectivity index (χ0v) is 44.3. The summed E-state index contributed by atoms with van der Waals surface area (Å²) in [5, 5.41) is 0. The number of anilines is 3. The molecule has 6 aliphatic rings. The van der Waals surface area contributed by atoms with Crippen LogP contribution in [0.25, 0.3) is 55.6 Å². The van der Waals surface area contributed by atoms with Crippen molar-refractivity contribution in [3.63, 3.8) is 0 Å². The van der Waals surface area contributed by atoms with Crippen LogP contribution < -0.4 is 4.90 Å². The Morgan fingerprint density at radius 2 is 0.851 bits per heavy atom. The van der Waals surface area contributed by atoms with Gasteiger partial charge in [0, 0.05) is 27.9 Å². The molecule has 2 bridgehead atoms. The van der Waals surface area contributed by atoms with Crippen LogP contribution in [0.3, 0.4) is 0 Å². The van der Waals surface area contributed by atoms with E-state index in [-0.39, 0.29) is 21.7 Å². The highest BCUT2D eigenvalue weighted by molar-refractivity contribution is 5.97. The molecule has 3 unspecified atom stereocenters. The molecule has 1 heteroatoms. The van der Waals surface area contributed by atoms with Crippen molar-refractivity contribution in [3.8, 4) is 55.6 Å². The van der Waals surface area contributed by atoms with E-state index in [2.05, 4.69) is 248 Å². The lowest BCUT2D eigenvalue weighted by atomic mass is 9.67. The minimum Gasteiger partial charge on any atom is -0.310 e. The van der Waals surface area contributed by atoms with Gasteiger partial charge in [-0.3, -0.25) is 0 Å². The van der Waals surface area contributed by atoms with Crippen molar-refractivity contribution in [2.45, 2.75) is 108 Å². The molecule has 2 fully saturated rings. The summed E-state index contributed by atoms with van der Waals surface area (Å²) in [6.07, 6.45) is 5.30. The van der Waals surface area contributed by atoms with Gasteiger partial charge in [-0.1, -0.05) is 213 Å². The van der Waals surface area contributed by atoms with E-state index in [1.165, 1.54) is 143 Å². The Labute approximate surface area is 439 Å². The Bertz CT molecular complexity index is 3800. The molecule has 0 aromatic heterocycles. The first-order valence-electron chi connectivity index (χ1n) is 27.6. The SMILES string of the molecule is CC(C)(C)c1ccc2c(c1)C1(c3ccccc3-c3ccc(N(c4ccc(-c5cccc6c5C(C)(C)c5ccccc5-6)cc4)c4ccc5c(c4)C4(CC6CCC4C6)c4ccccc4-5)cc31)c1cc(C(C)(C)C)ccc1-2. The maximum atomic E-state index is 2.64.